The molecule has 1 heterocycles. The van der Waals surface area contributed by atoms with Crippen LogP contribution in [0, 0.1) is 0 Å². The van der Waals surface area contributed by atoms with E-state index in [1.165, 1.54) is 12.8 Å². The lowest BCUT2D eigenvalue weighted by atomic mass is 10.3. The minimum absolute atomic E-state index is 0.166. The third kappa shape index (κ3) is 5.09. The lowest BCUT2D eigenvalue weighted by molar-refractivity contribution is -0.128. The monoisotopic (exact) mass is 298 g/mol. The number of nitrogens with zero attached hydrogens (tertiary/aromatic N) is 5. The van der Waals surface area contributed by atoms with Crippen LogP contribution in [0.15, 0.2) is 5.16 Å². The Bertz CT molecular complexity index is 431. The van der Waals surface area contributed by atoms with Crippen LogP contribution in [0.4, 0.5) is 0 Å². The molecule has 2 rings (SSSR count). The van der Waals surface area contributed by atoms with Crippen molar-refractivity contribution >= 4 is 17.7 Å². The van der Waals surface area contributed by atoms with Gasteiger partial charge in [0.25, 0.3) is 0 Å². The number of hydrogen-bond acceptors (Lipinski definition) is 6. The van der Waals surface area contributed by atoms with Crippen LogP contribution in [0.5, 0.6) is 0 Å². The first kappa shape index (κ1) is 15.2. The van der Waals surface area contributed by atoms with E-state index in [-0.39, 0.29) is 5.91 Å². The first-order valence-electron chi connectivity index (χ1n) is 6.99. The summed E-state index contributed by atoms with van der Waals surface area (Å²) in [7, 11) is 3.56. The number of thioether (sulfide) groups is 1. The van der Waals surface area contributed by atoms with Crippen molar-refractivity contribution < 1.29 is 4.79 Å². The predicted octanol–water partition coefficient (Wildman–Crippen LogP) is 0.386. The Morgan fingerprint density at radius 2 is 2.30 bits per heavy atom. The van der Waals surface area contributed by atoms with Gasteiger partial charge in [0.05, 0.1) is 6.54 Å². The Balaban J connectivity index is 1.64. The summed E-state index contributed by atoms with van der Waals surface area (Å²) in [6.07, 6.45) is 3.99. The molecule has 0 aliphatic heterocycles. The molecule has 7 nitrogen and oxygen atoms in total. The van der Waals surface area contributed by atoms with Crippen molar-refractivity contribution in [3.05, 3.63) is 0 Å². The van der Waals surface area contributed by atoms with Crippen LogP contribution in [0.25, 0.3) is 0 Å². The molecule has 0 unspecified atom stereocenters. The molecule has 1 aliphatic carbocycles. The van der Waals surface area contributed by atoms with Crippen LogP contribution >= 0.6 is 11.8 Å². The lowest BCUT2D eigenvalue weighted by Gasteiger charge is -2.09. The first-order chi connectivity index (χ1) is 9.66. The third-order valence-corrected chi connectivity index (χ3v) is 4.14. The highest BCUT2D eigenvalue weighted by Crippen LogP contribution is 2.18. The molecule has 1 fully saturated rings. The largest absolute Gasteiger partial charge is 0.349 e. The Hall–Kier alpha value is -1.15. The van der Waals surface area contributed by atoms with Gasteiger partial charge in [0.15, 0.2) is 0 Å². The molecule has 0 aromatic carbocycles. The fraction of sp³-hybridized carbons (Fsp3) is 0.833. The van der Waals surface area contributed by atoms with Gasteiger partial charge >= 0.3 is 0 Å². The van der Waals surface area contributed by atoms with E-state index in [1.54, 1.807) is 30.8 Å². The Labute approximate surface area is 123 Å². The molecule has 8 heteroatoms. The molecule has 1 aromatic heterocycles. The summed E-state index contributed by atoms with van der Waals surface area (Å²) in [5, 5.41) is 16.0. The number of aromatic nitrogens is 4. The SMILES string of the molecule is CN(C)C(=O)CCCSc1nnnn1CCNC1CC1. The van der Waals surface area contributed by atoms with Crippen LogP contribution in [0.1, 0.15) is 25.7 Å². The molecule has 1 amide bonds. The van der Waals surface area contributed by atoms with Gasteiger partial charge in [-0.3, -0.25) is 4.79 Å². The molecule has 1 N–H and O–H groups in total. The number of rotatable bonds is 9. The standard InChI is InChI=1S/C12H22N6OS/c1-17(2)11(19)4-3-9-20-12-14-15-16-18(12)8-7-13-10-5-6-10/h10,13H,3-9H2,1-2H3. The van der Waals surface area contributed by atoms with Crippen molar-refractivity contribution in [2.45, 2.75) is 43.4 Å². The number of carbonyl (C=O) groups is 1. The zero-order valence-electron chi connectivity index (χ0n) is 12.1. The molecule has 20 heavy (non-hydrogen) atoms. The number of carbonyl (C=O) groups excluding carboxylic acids is 1. The Kier molecular flexibility index (Phi) is 5.78. The summed E-state index contributed by atoms with van der Waals surface area (Å²) < 4.78 is 1.83. The van der Waals surface area contributed by atoms with Crippen molar-refractivity contribution in [2.24, 2.45) is 0 Å². The molecule has 112 valence electrons. The van der Waals surface area contributed by atoms with Crippen LogP contribution in [-0.4, -0.2) is 63.4 Å². The number of hydrogen-bond donors (Lipinski definition) is 1. The van der Waals surface area contributed by atoms with E-state index < -0.39 is 0 Å². The van der Waals surface area contributed by atoms with Crippen molar-refractivity contribution in [2.75, 3.05) is 26.4 Å². The second kappa shape index (κ2) is 7.58. The van der Waals surface area contributed by atoms with Gasteiger partial charge in [-0.25, -0.2) is 4.68 Å². The summed E-state index contributed by atoms with van der Waals surface area (Å²) in [5.74, 6) is 1.02. The van der Waals surface area contributed by atoms with E-state index in [1.807, 2.05) is 4.68 Å². The minimum atomic E-state index is 0.166. The zero-order chi connectivity index (χ0) is 14.4. The van der Waals surface area contributed by atoms with Gasteiger partial charge in [0.2, 0.25) is 11.1 Å². The summed E-state index contributed by atoms with van der Waals surface area (Å²) in [6, 6.07) is 0.708. The average Bonchev–Trinajstić information content (AvgIpc) is 3.13. The van der Waals surface area contributed by atoms with Gasteiger partial charge in [-0.1, -0.05) is 11.8 Å². The second-order valence-electron chi connectivity index (χ2n) is 5.15. The highest BCUT2D eigenvalue weighted by Gasteiger charge is 2.20. The highest BCUT2D eigenvalue weighted by atomic mass is 32.2. The summed E-state index contributed by atoms with van der Waals surface area (Å²) >= 11 is 1.61. The molecule has 0 radical (unpaired) electrons. The van der Waals surface area contributed by atoms with E-state index >= 15 is 0 Å². The van der Waals surface area contributed by atoms with E-state index in [4.69, 9.17) is 0 Å². The fourth-order valence-corrected chi connectivity index (χ4v) is 2.55. The predicted molar refractivity (Wildman–Crippen MR) is 77.5 cm³/mol. The summed E-state index contributed by atoms with van der Waals surface area (Å²) in [6.45, 7) is 1.70. The van der Waals surface area contributed by atoms with Gasteiger partial charge in [-0.05, 0) is 29.7 Å². The van der Waals surface area contributed by atoms with Gasteiger partial charge in [-0.15, -0.1) is 5.10 Å². The quantitative estimate of drug-likeness (QED) is 0.525. The smallest absolute Gasteiger partial charge is 0.222 e. The molecule has 0 atom stereocenters. The van der Waals surface area contributed by atoms with Crippen molar-refractivity contribution in [1.82, 2.24) is 30.4 Å². The molecule has 0 saturated heterocycles. The van der Waals surface area contributed by atoms with Crippen LogP contribution < -0.4 is 5.32 Å². The topological polar surface area (TPSA) is 75.9 Å². The third-order valence-electron chi connectivity index (χ3n) is 3.10. The molecule has 0 bridgehead atoms. The Morgan fingerprint density at radius 3 is 3.00 bits per heavy atom. The average molecular weight is 298 g/mol. The van der Waals surface area contributed by atoms with E-state index in [2.05, 4.69) is 20.8 Å². The first-order valence-corrected chi connectivity index (χ1v) is 7.98. The zero-order valence-corrected chi connectivity index (χ0v) is 12.9. The molecular formula is C12H22N6OS. The van der Waals surface area contributed by atoms with Crippen molar-refractivity contribution in [3.63, 3.8) is 0 Å². The minimum Gasteiger partial charge on any atom is -0.349 e. The van der Waals surface area contributed by atoms with Crippen molar-refractivity contribution in [3.8, 4) is 0 Å². The maximum Gasteiger partial charge on any atom is 0.222 e. The molecule has 0 spiro atoms. The fourth-order valence-electron chi connectivity index (χ4n) is 1.71. The lowest BCUT2D eigenvalue weighted by Crippen LogP contribution is -2.22. The van der Waals surface area contributed by atoms with Gasteiger partial charge < -0.3 is 10.2 Å². The van der Waals surface area contributed by atoms with E-state index in [0.717, 1.165) is 30.4 Å². The van der Waals surface area contributed by atoms with Gasteiger partial charge in [-0.2, -0.15) is 0 Å². The van der Waals surface area contributed by atoms with Gasteiger partial charge in [0, 0.05) is 38.9 Å². The van der Waals surface area contributed by atoms with E-state index in [0.29, 0.717) is 12.5 Å². The maximum atomic E-state index is 11.4. The molecule has 1 aliphatic rings. The highest BCUT2D eigenvalue weighted by molar-refractivity contribution is 7.99. The molecular weight excluding hydrogens is 276 g/mol. The van der Waals surface area contributed by atoms with Crippen molar-refractivity contribution in [1.29, 1.82) is 0 Å². The van der Waals surface area contributed by atoms with Crippen LogP contribution in [0.2, 0.25) is 0 Å². The normalized spacial score (nSPS) is 14.5. The van der Waals surface area contributed by atoms with E-state index in [9.17, 15) is 4.79 Å². The summed E-state index contributed by atoms with van der Waals surface area (Å²) in [5.41, 5.74) is 0. The number of amides is 1. The van der Waals surface area contributed by atoms with Gasteiger partial charge in [0.1, 0.15) is 0 Å². The number of tetrazole rings is 1. The summed E-state index contributed by atoms with van der Waals surface area (Å²) in [4.78, 5) is 13.1. The van der Waals surface area contributed by atoms with Crippen LogP contribution in [0.3, 0.4) is 0 Å². The number of nitrogens with one attached hydrogen (secondary N) is 1. The maximum absolute atomic E-state index is 11.4. The molecule has 1 aromatic rings. The Morgan fingerprint density at radius 1 is 1.50 bits per heavy atom. The van der Waals surface area contributed by atoms with Crippen LogP contribution in [-0.2, 0) is 11.3 Å². The molecule has 1 saturated carbocycles. The second-order valence-corrected chi connectivity index (χ2v) is 6.22.